The van der Waals surface area contributed by atoms with Gasteiger partial charge in [0.1, 0.15) is 0 Å². The first-order chi connectivity index (χ1) is 15.6. The molecule has 3 rings (SSSR count). The Labute approximate surface area is 203 Å². The summed E-state index contributed by atoms with van der Waals surface area (Å²) in [7, 11) is -0.257. The number of nitrogens with one attached hydrogen (secondary N) is 2. The first-order valence-electron chi connectivity index (χ1n) is 12.1. The Hall–Kier alpha value is -2.31. The Bertz CT molecular complexity index is 1080. The second-order valence-corrected chi connectivity index (χ2v) is 13.4. The second kappa shape index (κ2) is 10.7. The smallest absolute Gasteiger partial charge is 0.0462 e. The van der Waals surface area contributed by atoms with E-state index in [2.05, 4.69) is 121 Å². The molecule has 0 aliphatic rings. The molecule has 0 saturated carbocycles. The van der Waals surface area contributed by atoms with Crippen molar-refractivity contribution in [2.75, 3.05) is 10.6 Å². The zero-order valence-electron chi connectivity index (χ0n) is 21.9. The summed E-state index contributed by atoms with van der Waals surface area (Å²) in [5.74, 6) is 0. The van der Waals surface area contributed by atoms with E-state index in [1.165, 1.54) is 55.7 Å². The molecule has 2 nitrogen and oxygen atoms in total. The van der Waals surface area contributed by atoms with Crippen molar-refractivity contribution in [1.82, 2.24) is 0 Å². The van der Waals surface area contributed by atoms with E-state index < -0.39 is 0 Å². The van der Waals surface area contributed by atoms with Crippen molar-refractivity contribution in [3.63, 3.8) is 0 Å². The summed E-state index contributed by atoms with van der Waals surface area (Å²) in [6, 6.07) is 18.1. The van der Waals surface area contributed by atoms with Crippen LogP contribution in [0.4, 0.5) is 17.1 Å². The van der Waals surface area contributed by atoms with Crippen molar-refractivity contribution in [2.24, 2.45) is 0 Å². The molecule has 0 spiro atoms. The number of aryl methyl sites for hydroxylation is 5. The van der Waals surface area contributed by atoms with Crippen LogP contribution in [0, 0.1) is 34.6 Å². The van der Waals surface area contributed by atoms with Gasteiger partial charge < -0.3 is 10.6 Å². The van der Waals surface area contributed by atoms with E-state index in [1.807, 2.05) is 0 Å². The molecule has 0 aliphatic carbocycles. The normalized spacial score (nSPS) is 11.5. The van der Waals surface area contributed by atoms with Gasteiger partial charge in [0.15, 0.2) is 0 Å². The van der Waals surface area contributed by atoms with Gasteiger partial charge in [-0.25, -0.2) is 0 Å². The number of benzene rings is 3. The van der Waals surface area contributed by atoms with E-state index in [-0.39, 0.29) is 7.92 Å². The van der Waals surface area contributed by atoms with E-state index in [0.29, 0.717) is 11.3 Å². The van der Waals surface area contributed by atoms with E-state index in [4.69, 9.17) is 0 Å². The summed E-state index contributed by atoms with van der Waals surface area (Å²) >= 11 is 0. The topological polar surface area (TPSA) is 24.1 Å². The van der Waals surface area contributed by atoms with Crippen LogP contribution in [0.5, 0.6) is 0 Å². The molecule has 0 aliphatic heterocycles. The van der Waals surface area contributed by atoms with Gasteiger partial charge in [-0.3, -0.25) is 0 Å². The number of anilines is 3. The molecule has 0 unspecified atom stereocenters. The van der Waals surface area contributed by atoms with Crippen LogP contribution >= 0.6 is 7.92 Å². The maximum absolute atomic E-state index is 3.84. The Morgan fingerprint density at radius 2 is 1.21 bits per heavy atom. The van der Waals surface area contributed by atoms with Gasteiger partial charge in [0.25, 0.3) is 0 Å². The zero-order chi connectivity index (χ0) is 24.3. The molecule has 0 bridgehead atoms. The van der Waals surface area contributed by atoms with Gasteiger partial charge in [-0.15, -0.1) is 0 Å². The van der Waals surface area contributed by atoms with Gasteiger partial charge in [-0.05, 0) is 80.8 Å². The molecule has 0 amide bonds. The van der Waals surface area contributed by atoms with Gasteiger partial charge >= 0.3 is 0 Å². The van der Waals surface area contributed by atoms with Crippen LogP contribution in [-0.2, 0) is 6.54 Å². The summed E-state index contributed by atoms with van der Waals surface area (Å²) in [6.07, 6.45) is 0. The fraction of sp³-hybridized carbons (Fsp3) is 0.400. The van der Waals surface area contributed by atoms with Gasteiger partial charge in [-0.2, -0.15) is 0 Å². The molecule has 0 radical (unpaired) electrons. The van der Waals surface area contributed by atoms with Gasteiger partial charge in [0.2, 0.25) is 0 Å². The molecule has 0 fully saturated rings. The molecule has 3 aromatic carbocycles. The lowest BCUT2D eigenvalue weighted by atomic mass is 10.0. The zero-order valence-corrected chi connectivity index (χ0v) is 22.8. The molecule has 0 aromatic heterocycles. The third-order valence-electron chi connectivity index (χ3n) is 6.21. The fourth-order valence-electron chi connectivity index (χ4n) is 4.89. The summed E-state index contributed by atoms with van der Waals surface area (Å²) < 4.78 is 0. The lowest BCUT2D eigenvalue weighted by Gasteiger charge is -2.29. The summed E-state index contributed by atoms with van der Waals surface area (Å²) in [6.45, 7) is 21.2. The van der Waals surface area contributed by atoms with Crippen molar-refractivity contribution in [1.29, 1.82) is 0 Å². The second-order valence-electron chi connectivity index (χ2n) is 10.0. The lowest BCUT2D eigenvalue weighted by molar-refractivity contribution is 1.02. The lowest BCUT2D eigenvalue weighted by Crippen LogP contribution is -2.19. The van der Waals surface area contributed by atoms with Crippen LogP contribution in [0.2, 0.25) is 0 Å². The molecule has 3 heteroatoms. The van der Waals surface area contributed by atoms with E-state index in [9.17, 15) is 0 Å². The van der Waals surface area contributed by atoms with Crippen molar-refractivity contribution in [2.45, 2.75) is 80.2 Å². The maximum atomic E-state index is 3.84. The SMILES string of the molecule is Cc1cc(C)c(NCc2cc(C)ccc2Nc2ccc(C)cc2P(C(C)C)C(C)C)c(C)c1. The van der Waals surface area contributed by atoms with E-state index in [1.54, 1.807) is 0 Å². The highest BCUT2D eigenvalue weighted by Crippen LogP contribution is 2.47. The average molecular weight is 461 g/mol. The van der Waals surface area contributed by atoms with Crippen LogP contribution in [0.25, 0.3) is 0 Å². The minimum absolute atomic E-state index is 0.257. The third kappa shape index (κ3) is 6.18. The molecule has 0 atom stereocenters. The Kier molecular flexibility index (Phi) is 8.24. The predicted molar refractivity (Wildman–Crippen MR) is 150 cm³/mol. The van der Waals surface area contributed by atoms with Crippen LogP contribution in [0.1, 0.15) is 61.1 Å². The molecule has 3 aromatic rings. The molecular weight excluding hydrogens is 419 g/mol. The van der Waals surface area contributed by atoms with Crippen LogP contribution in [0.15, 0.2) is 48.5 Å². The van der Waals surface area contributed by atoms with Crippen molar-refractivity contribution in [3.05, 3.63) is 81.9 Å². The number of hydrogen-bond donors (Lipinski definition) is 2. The highest BCUT2D eigenvalue weighted by Gasteiger charge is 2.22. The third-order valence-corrected chi connectivity index (χ3v) is 9.36. The molecule has 33 heavy (non-hydrogen) atoms. The van der Waals surface area contributed by atoms with Crippen LogP contribution in [0.3, 0.4) is 0 Å². The van der Waals surface area contributed by atoms with Crippen molar-refractivity contribution in [3.8, 4) is 0 Å². The van der Waals surface area contributed by atoms with E-state index >= 15 is 0 Å². The Morgan fingerprint density at radius 3 is 1.79 bits per heavy atom. The molecule has 176 valence electrons. The van der Waals surface area contributed by atoms with Crippen molar-refractivity contribution >= 4 is 30.3 Å². The Morgan fingerprint density at radius 1 is 0.667 bits per heavy atom. The standard InChI is InChI=1S/C30H41N2P/c1-19(2)33(20(3)4)29-17-22(6)11-13-28(29)32-27-12-10-21(5)16-26(27)18-31-30-24(8)14-23(7)15-25(30)9/h10-17,19-20,31-32H,18H2,1-9H3. The predicted octanol–water partition coefficient (Wildman–Crippen LogP) is 8.51. The highest BCUT2D eigenvalue weighted by molar-refractivity contribution is 7.67. The van der Waals surface area contributed by atoms with Gasteiger partial charge in [-0.1, -0.05) is 82.6 Å². The van der Waals surface area contributed by atoms with Gasteiger partial charge in [0.05, 0.1) is 0 Å². The maximum Gasteiger partial charge on any atom is 0.0462 e. The molecule has 0 heterocycles. The number of rotatable bonds is 8. The monoisotopic (exact) mass is 460 g/mol. The largest absolute Gasteiger partial charge is 0.380 e. The average Bonchev–Trinajstić information content (AvgIpc) is 2.70. The fourth-order valence-corrected chi connectivity index (χ4v) is 7.96. The van der Waals surface area contributed by atoms with Gasteiger partial charge in [0, 0.05) is 28.9 Å². The minimum atomic E-state index is -0.257. The first-order valence-corrected chi connectivity index (χ1v) is 13.6. The summed E-state index contributed by atoms with van der Waals surface area (Å²) in [4.78, 5) is 0. The van der Waals surface area contributed by atoms with Crippen molar-refractivity contribution < 1.29 is 0 Å². The van der Waals surface area contributed by atoms with Crippen LogP contribution < -0.4 is 15.9 Å². The number of hydrogen-bond acceptors (Lipinski definition) is 2. The van der Waals surface area contributed by atoms with Crippen LogP contribution in [-0.4, -0.2) is 11.3 Å². The minimum Gasteiger partial charge on any atom is -0.380 e. The molecule has 0 saturated heterocycles. The molecular formula is C30H41N2P. The summed E-state index contributed by atoms with van der Waals surface area (Å²) in [5.41, 5.74) is 12.8. The van der Waals surface area contributed by atoms with E-state index in [0.717, 1.165) is 6.54 Å². The summed E-state index contributed by atoms with van der Waals surface area (Å²) in [5, 5.41) is 9.05. The first kappa shape index (κ1) is 25.3. The highest BCUT2D eigenvalue weighted by atomic mass is 31.1. The Balaban J connectivity index is 1.95. The molecule has 2 N–H and O–H groups in total. The quantitative estimate of drug-likeness (QED) is 0.329.